The molecular formula is C14H18F2N2O. The van der Waals surface area contributed by atoms with Crippen molar-refractivity contribution in [3.63, 3.8) is 0 Å². The Morgan fingerprint density at radius 2 is 1.95 bits per heavy atom. The molecule has 0 bridgehead atoms. The van der Waals surface area contributed by atoms with E-state index >= 15 is 0 Å². The quantitative estimate of drug-likeness (QED) is 0.822. The van der Waals surface area contributed by atoms with Crippen LogP contribution in [0.3, 0.4) is 0 Å². The molecule has 1 saturated heterocycles. The predicted molar refractivity (Wildman–Crippen MR) is 70.0 cm³/mol. The van der Waals surface area contributed by atoms with Crippen LogP contribution in [-0.4, -0.2) is 36.2 Å². The van der Waals surface area contributed by atoms with Gasteiger partial charge in [-0.15, -0.1) is 6.58 Å². The van der Waals surface area contributed by atoms with Crippen LogP contribution in [-0.2, 0) is 0 Å². The lowest BCUT2D eigenvalue weighted by Crippen LogP contribution is -2.45. The zero-order valence-electron chi connectivity index (χ0n) is 10.7. The van der Waals surface area contributed by atoms with Crippen LogP contribution < -0.4 is 5.32 Å². The third-order valence-corrected chi connectivity index (χ3v) is 3.43. The van der Waals surface area contributed by atoms with E-state index in [1.54, 1.807) is 6.08 Å². The summed E-state index contributed by atoms with van der Waals surface area (Å²) in [6.45, 7) is 6.72. The van der Waals surface area contributed by atoms with E-state index < -0.39 is 17.4 Å². The van der Waals surface area contributed by atoms with Gasteiger partial charge in [0.15, 0.2) is 11.6 Å². The Morgan fingerprint density at radius 3 is 2.58 bits per heavy atom. The second-order valence-corrected chi connectivity index (χ2v) is 4.62. The average molecular weight is 268 g/mol. The smallest absolute Gasteiger partial charge is 0.165 e. The van der Waals surface area contributed by atoms with Gasteiger partial charge in [0.05, 0.1) is 5.56 Å². The molecule has 3 nitrogen and oxygen atoms in total. The van der Waals surface area contributed by atoms with Crippen LogP contribution in [0.4, 0.5) is 8.78 Å². The Kier molecular flexibility index (Phi) is 4.50. The summed E-state index contributed by atoms with van der Waals surface area (Å²) < 4.78 is 27.4. The van der Waals surface area contributed by atoms with Gasteiger partial charge >= 0.3 is 0 Å². The third kappa shape index (κ3) is 2.93. The molecular weight excluding hydrogens is 250 g/mol. The van der Waals surface area contributed by atoms with Crippen LogP contribution in [0.15, 0.2) is 24.8 Å². The summed E-state index contributed by atoms with van der Waals surface area (Å²) in [5.74, 6) is -1.96. The van der Waals surface area contributed by atoms with Gasteiger partial charge in [-0.1, -0.05) is 6.08 Å². The van der Waals surface area contributed by atoms with Crippen molar-refractivity contribution in [3.8, 4) is 5.75 Å². The highest BCUT2D eigenvalue weighted by atomic mass is 19.1. The maximum atomic E-state index is 14.0. The zero-order chi connectivity index (χ0) is 13.8. The number of hydrogen-bond acceptors (Lipinski definition) is 3. The lowest BCUT2D eigenvalue weighted by atomic mass is 9.99. The van der Waals surface area contributed by atoms with Crippen molar-refractivity contribution >= 4 is 0 Å². The molecule has 5 heteroatoms. The summed E-state index contributed by atoms with van der Waals surface area (Å²) >= 11 is 0. The fourth-order valence-corrected chi connectivity index (χ4v) is 2.47. The molecule has 1 aromatic rings. The minimum absolute atomic E-state index is 0.0294. The minimum Gasteiger partial charge on any atom is -0.505 e. The number of hydrogen-bond donors (Lipinski definition) is 2. The molecule has 2 rings (SSSR count). The lowest BCUT2D eigenvalue weighted by molar-refractivity contribution is 0.167. The van der Waals surface area contributed by atoms with Gasteiger partial charge in [0.25, 0.3) is 0 Å². The first-order valence-corrected chi connectivity index (χ1v) is 6.37. The lowest BCUT2D eigenvalue weighted by Gasteiger charge is -2.35. The first kappa shape index (κ1) is 14.0. The van der Waals surface area contributed by atoms with E-state index in [4.69, 9.17) is 0 Å². The number of phenolic OH excluding ortho intramolecular Hbond substituents is 1. The largest absolute Gasteiger partial charge is 0.505 e. The number of phenols is 1. The van der Waals surface area contributed by atoms with Gasteiger partial charge in [-0.05, 0) is 18.6 Å². The van der Waals surface area contributed by atoms with Crippen molar-refractivity contribution in [1.82, 2.24) is 10.2 Å². The van der Waals surface area contributed by atoms with Crippen molar-refractivity contribution in [3.05, 3.63) is 42.0 Å². The van der Waals surface area contributed by atoms with Crippen molar-refractivity contribution in [2.75, 3.05) is 26.2 Å². The fraction of sp³-hybridized carbons (Fsp3) is 0.429. The highest BCUT2D eigenvalue weighted by Crippen LogP contribution is 2.35. The number of aromatic hydroxyl groups is 1. The van der Waals surface area contributed by atoms with Crippen LogP contribution in [0, 0.1) is 11.6 Å². The van der Waals surface area contributed by atoms with Crippen LogP contribution in [0.1, 0.15) is 18.0 Å². The number of rotatable bonds is 4. The Labute approximate surface area is 111 Å². The van der Waals surface area contributed by atoms with Crippen LogP contribution in [0.2, 0.25) is 0 Å². The van der Waals surface area contributed by atoms with Gasteiger partial charge < -0.3 is 10.4 Å². The summed E-state index contributed by atoms with van der Waals surface area (Å²) in [5, 5.41) is 13.0. The Morgan fingerprint density at radius 1 is 1.32 bits per heavy atom. The molecule has 0 aromatic heterocycles. The normalized spacial score (nSPS) is 18.2. The monoisotopic (exact) mass is 268 g/mol. The second kappa shape index (κ2) is 6.12. The maximum absolute atomic E-state index is 14.0. The van der Waals surface area contributed by atoms with E-state index in [1.165, 1.54) is 0 Å². The van der Waals surface area contributed by atoms with Crippen molar-refractivity contribution in [2.45, 2.75) is 12.5 Å². The third-order valence-electron chi connectivity index (χ3n) is 3.43. The molecule has 0 amide bonds. The molecule has 1 aliphatic heterocycles. The van der Waals surface area contributed by atoms with E-state index in [1.807, 2.05) is 4.90 Å². The van der Waals surface area contributed by atoms with E-state index in [0.717, 1.165) is 38.3 Å². The summed E-state index contributed by atoms with van der Waals surface area (Å²) in [7, 11) is 0. The molecule has 1 atom stereocenters. The zero-order valence-corrected chi connectivity index (χ0v) is 10.7. The van der Waals surface area contributed by atoms with Crippen molar-refractivity contribution in [1.29, 1.82) is 0 Å². The van der Waals surface area contributed by atoms with E-state index in [9.17, 15) is 13.9 Å². The number of halogens is 2. The molecule has 0 aliphatic carbocycles. The molecule has 0 radical (unpaired) electrons. The molecule has 1 aliphatic rings. The van der Waals surface area contributed by atoms with Gasteiger partial charge in [-0.25, -0.2) is 8.78 Å². The van der Waals surface area contributed by atoms with Crippen LogP contribution >= 0.6 is 0 Å². The second-order valence-electron chi connectivity index (χ2n) is 4.62. The first-order valence-electron chi connectivity index (χ1n) is 6.37. The Hall–Kier alpha value is -1.46. The summed E-state index contributed by atoms with van der Waals surface area (Å²) in [5.41, 5.74) is 0.0294. The van der Waals surface area contributed by atoms with Crippen LogP contribution in [0.25, 0.3) is 0 Å². The summed E-state index contributed by atoms with van der Waals surface area (Å²) in [6, 6.07) is 1.62. The van der Waals surface area contributed by atoms with Crippen molar-refractivity contribution in [2.24, 2.45) is 0 Å². The van der Waals surface area contributed by atoms with Gasteiger partial charge in [0.2, 0.25) is 0 Å². The highest BCUT2D eigenvalue weighted by molar-refractivity contribution is 5.38. The molecule has 0 unspecified atom stereocenters. The molecule has 1 aromatic carbocycles. The Bertz CT molecular complexity index is 459. The van der Waals surface area contributed by atoms with E-state index in [-0.39, 0.29) is 11.6 Å². The molecule has 1 heterocycles. The van der Waals surface area contributed by atoms with Gasteiger partial charge in [-0.3, -0.25) is 4.90 Å². The standard InChI is InChI=1S/C14H18F2N2O/c1-2-3-12(18-8-6-17-7-9-18)13-10(15)4-5-11(16)14(13)19/h2,4-5,12,17,19H,1,3,6-9H2/t12-/m0/s1. The fourth-order valence-electron chi connectivity index (χ4n) is 2.47. The first-order chi connectivity index (χ1) is 9.15. The average Bonchev–Trinajstić information content (AvgIpc) is 2.43. The molecule has 19 heavy (non-hydrogen) atoms. The van der Waals surface area contributed by atoms with Gasteiger partial charge in [0, 0.05) is 32.2 Å². The minimum atomic E-state index is -0.791. The maximum Gasteiger partial charge on any atom is 0.165 e. The molecule has 104 valence electrons. The van der Waals surface area contributed by atoms with Crippen molar-refractivity contribution < 1.29 is 13.9 Å². The summed E-state index contributed by atoms with van der Waals surface area (Å²) in [4.78, 5) is 2.04. The van der Waals surface area contributed by atoms with E-state index in [0.29, 0.717) is 6.42 Å². The van der Waals surface area contributed by atoms with Gasteiger partial charge in [0.1, 0.15) is 5.82 Å². The number of nitrogens with one attached hydrogen (secondary N) is 1. The van der Waals surface area contributed by atoms with Gasteiger partial charge in [-0.2, -0.15) is 0 Å². The topological polar surface area (TPSA) is 35.5 Å². The van der Waals surface area contributed by atoms with Crippen LogP contribution in [0.5, 0.6) is 5.75 Å². The van der Waals surface area contributed by atoms with E-state index in [2.05, 4.69) is 11.9 Å². The summed E-state index contributed by atoms with van der Waals surface area (Å²) in [6.07, 6.45) is 2.13. The molecule has 0 spiro atoms. The molecule has 1 fully saturated rings. The Balaban J connectivity index is 2.37. The highest BCUT2D eigenvalue weighted by Gasteiger charge is 2.27. The predicted octanol–water partition coefficient (Wildman–Crippen LogP) is 2.19. The molecule has 0 saturated carbocycles. The number of piperazine rings is 1. The number of nitrogens with zero attached hydrogens (tertiary/aromatic N) is 1. The SMILES string of the molecule is C=CC[C@@H](c1c(F)ccc(F)c1O)N1CCNCC1. The number of benzene rings is 1. The molecule has 2 N–H and O–H groups in total.